The van der Waals surface area contributed by atoms with E-state index >= 15 is 0 Å². The third-order valence-corrected chi connectivity index (χ3v) is 4.38. The molecule has 0 fully saturated rings. The number of hydrogen-bond donors (Lipinski definition) is 2. The minimum absolute atomic E-state index is 0.0144. The van der Waals surface area contributed by atoms with Gasteiger partial charge in [-0.25, -0.2) is 4.79 Å². The summed E-state index contributed by atoms with van der Waals surface area (Å²) in [4.78, 5) is 36.9. The quantitative estimate of drug-likeness (QED) is 0.851. The highest BCUT2D eigenvalue weighted by molar-refractivity contribution is 5.94. The molecule has 1 aliphatic heterocycles. The molecular formula is C17H19N3O5. The van der Waals surface area contributed by atoms with Gasteiger partial charge in [0.15, 0.2) is 11.5 Å². The van der Waals surface area contributed by atoms with Crippen LogP contribution in [0.15, 0.2) is 27.8 Å². The van der Waals surface area contributed by atoms with E-state index in [0.29, 0.717) is 17.7 Å². The number of ether oxygens (including phenoxy) is 1. The fourth-order valence-corrected chi connectivity index (χ4v) is 3.11. The van der Waals surface area contributed by atoms with Gasteiger partial charge in [-0.1, -0.05) is 6.07 Å². The lowest BCUT2D eigenvalue weighted by atomic mass is 9.86. The molecule has 8 nitrogen and oxygen atoms in total. The van der Waals surface area contributed by atoms with Gasteiger partial charge in [0.25, 0.3) is 5.56 Å². The molecule has 8 heteroatoms. The molecule has 0 bridgehead atoms. The third kappa shape index (κ3) is 2.69. The normalized spacial score (nSPS) is 16.3. The Morgan fingerprint density at radius 1 is 1.24 bits per heavy atom. The minimum Gasteiger partial charge on any atom is -0.504 e. The number of amides is 1. The number of phenolic OH excluding ortho intramolecular Hbond substituents is 1. The summed E-state index contributed by atoms with van der Waals surface area (Å²) in [7, 11) is 2.91. The number of hydrogen-bond acceptors (Lipinski definition) is 5. The molecule has 0 aliphatic carbocycles. The van der Waals surface area contributed by atoms with Crippen molar-refractivity contribution >= 4 is 11.7 Å². The van der Waals surface area contributed by atoms with Gasteiger partial charge in [0.2, 0.25) is 5.91 Å². The van der Waals surface area contributed by atoms with Crippen LogP contribution in [0.25, 0.3) is 0 Å². The van der Waals surface area contributed by atoms with Crippen molar-refractivity contribution < 1.29 is 14.6 Å². The van der Waals surface area contributed by atoms with Crippen molar-refractivity contribution in [3.05, 3.63) is 50.2 Å². The Morgan fingerprint density at radius 3 is 2.64 bits per heavy atom. The van der Waals surface area contributed by atoms with E-state index in [0.717, 1.165) is 4.57 Å². The summed E-state index contributed by atoms with van der Waals surface area (Å²) in [6.07, 6.45) is 0.0663. The van der Waals surface area contributed by atoms with Crippen molar-refractivity contribution in [3.8, 4) is 11.5 Å². The molecule has 2 aromatic rings. The van der Waals surface area contributed by atoms with Crippen LogP contribution in [0.2, 0.25) is 0 Å². The number of phenols is 1. The average molecular weight is 345 g/mol. The Hall–Kier alpha value is -3.03. The van der Waals surface area contributed by atoms with Crippen LogP contribution >= 0.6 is 0 Å². The van der Waals surface area contributed by atoms with Crippen molar-refractivity contribution in [1.82, 2.24) is 9.13 Å². The van der Waals surface area contributed by atoms with Gasteiger partial charge in [-0.2, -0.15) is 0 Å². The van der Waals surface area contributed by atoms with Gasteiger partial charge in [-0.15, -0.1) is 0 Å². The molecule has 1 atom stereocenters. The predicted molar refractivity (Wildman–Crippen MR) is 91.3 cm³/mol. The molecule has 0 unspecified atom stereocenters. The molecular weight excluding hydrogens is 326 g/mol. The number of anilines is 1. The summed E-state index contributed by atoms with van der Waals surface area (Å²) < 4.78 is 7.67. The first-order chi connectivity index (χ1) is 11.8. The summed E-state index contributed by atoms with van der Waals surface area (Å²) in [5.74, 6) is -0.338. The van der Waals surface area contributed by atoms with Crippen LogP contribution in [0.5, 0.6) is 11.5 Å². The predicted octanol–water partition coefficient (Wildman–Crippen LogP) is 0.662. The van der Waals surface area contributed by atoms with Crippen molar-refractivity contribution in [2.75, 3.05) is 11.9 Å². The van der Waals surface area contributed by atoms with Crippen molar-refractivity contribution in [2.45, 2.75) is 19.3 Å². The fraction of sp³-hybridized carbons (Fsp3) is 0.353. The van der Waals surface area contributed by atoms with Crippen molar-refractivity contribution in [1.29, 1.82) is 0 Å². The molecule has 1 aromatic heterocycles. The highest BCUT2D eigenvalue weighted by Crippen LogP contribution is 2.37. The molecule has 0 saturated carbocycles. The SMILES string of the molecule is CCOc1cc([C@@H]2CC(=O)Nc3c2c(=O)n(C)c(=O)n3C)ccc1O. The first-order valence-electron chi connectivity index (χ1n) is 7.90. The van der Waals surface area contributed by atoms with E-state index in [2.05, 4.69) is 5.32 Å². The van der Waals surface area contributed by atoms with E-state index in [1.165, 1.54) is 24.7 Å². The summed E-state index contributed by atoms with van der Waals surface area (Å²) in [5.41, 5.74) is 0.0463. The monoisotopic (exact) mass is 345 g/mol. The topological polar surface area (TPSA) is 103 Å². The Kier molecular flexibility index (Phi) is 4.12. The molecule has 1 amide bonds. The molecule has 2 N–H and O–H groups in total. The molecule has 1 aromatic carbocycles. The third-order valence-electron chi connectivity index (χ3n) is 4.38. The second-order valence-electron chi connectivity index (χ2n) is 5.93. The van der Waals surface area contributed by atoms with Gasteiger partial charge < -0.3 is 15.2 Å². The lowest BCUT2D eigenvalue weighted by Crippen LogP contribution is -2.44. The largest absolute Gasteiger partial charge is 0.504 e. The average Bonchev–Trinajstić information content (AvgIpc) is 2.59. The van der Waals surface area contributed by atoms with Gasteiger partial charge in [-0.3, -0.25) is 18.7 Å². The molecule has 0 spiro atoms. The van der Waals surface area contributed by atoms with Crippen molar-refractivity contribution in [3.63, 3.8) is 0 Å². The maximum absolute atomic E-state index is 12.7. The Balaban J connectivity index is 2.24. The first kappa shape index (κ1) is 16.8. The van der Waals surface area contributed by atoms with E-state index < -0.39 is 17.2 Å². The summed E-state index contributed by atoms with van der Waals surface area (Å²) in [5, 5.41) is 12.5. The second kappa shape index (κ2) is 6.12. The minimum atomic E-state index is -0.533. The summed E-state index contributed by atoms with van der Waals surface area (Å²) in [6, 6.07) is 4.74. The zero-order valence-corrected chi connectivity index (χ0v) is 14.2. The fourth-order valence-electron chi connectivity index (χ4n) is 3.11. The number of nitrogens with one attached hydrogen (secondary N) is 1. The van der Waals surface area contributed by atoms with Gasteiger partial charge in [-0.05, 0) is 24.6 Å². The maximum atomic E-state index is 12.7. The molecule has 3 rings (SSSR count). The zero-order valence-electron chi connectivity index (χ0n) is 14.2. The molecule has 2 heterocycles. The molecule has 25 heavy (non-hydrogen) atoms. The molecule has 0 saturated heterocycles. The van der Waals surface area contributed by atoms with Crippen LogP contribution in [-0.2, 0) is 18.9 Å². The van der Waals surface area contributed by atoms with Crippen molar-refractivity contribution in [2.24, 2.45) is 14.1 Å². The van der Waals surface area contributed by atoms with E-state index in [9.17, 15) is 19.5 Å². The van der Waals surface area contributed by atoms with E-state index in [4.69, 9.17) is 4.74 Å². The number of rotatable bonds is 3. The number of carbonyl (C=O) groups is 1. The highest BCUT2D eigenvalue weighted by Gasteiger charge is 2.32. The zero-order chi connectivity index (χ0) is 18.3. The number of fused-ring (bicyclic) bond motifs is 1. The van der Waals surface area contributed by atoms with Crippen LogP contribution in [0, 0.1) is 0 Å². The van der Waals surface area contributed by atoms with E-state index in [1.54, 1.807) is 19.1 Å². The lowest BCUT2D eigenvalue weighted by molar-refractivity contribution is -0.116. The Bertz CT molecular complexity index is 973. The van der Waals surface area contributed by atoms with Gasteiger partial charge in [0.05, 0.1) is 12.2 Å². The van der Waals surface area contributed by atoms with Gasteiger partial charge in [0, 0.05) is 26.4 Å². The lowest BCUT2D eigenvalue weighted by Gasteiger charge is -2.27. The van der Waals surface area contributed by atoms with E-state index in [-0.39, 0.29) is 29.6 Å². The van der Waals surface area contributed by atoms with E-state index in [1.807, 2.05) is 0 Å². The number of nitrogens with zero attached hydrogens (tertiary/aromatic N) is 2. The van der Waals surface area contributed by atoms with Gasteiger partial charge >= 0.3 is 5.69 Å². The summed E-state index contributed by atoms with van der Waals surface area (Å²) in [6.45, 7) is 2.16. The smallest absolute Gasteiger partial charge is 0.332 e. The highest BCUT2D eigenvalue weighted by atomic mass is 16.5. The maximum Gasteiger partial charge on any atom is 0.332 e. The number of aromatic nitrogens is 2. The van der Waals surface area contributed by atoms with Gasteiger partial charge in [0.1, 0.15) is 5.82 Å². The first-order valence-corrected chi connectivity index (χ1v) is 7.90. The van der Waals surface area contributed by atoms with Crippen LogP contribution in [0.4, 0.5) is 5.82 Å². The number of benzene rings is 1. The standard InChI is InChI=1S/C17H19N3O5/c1-4-25-12-7-9(5-6-11(12)21)10-8-13(22)18-15-14(10)16(23)20(3)17(24)19(15)2/h5-7,10,21H,4,8H2,1-3H3,(H,18,22)/t10-/m0/s1. The second-order valence-corrected chi connectivity index (χ2v) is 5.93. The Morgan fingerprint density at radius 2 is 1.96 bits per heavy atom. The van der Waals surface area contributed by atoms with Crippen LogP contribution in [0.1, 0.15) is 30.4 Å². The number of carbonyl (C=O) groups excluding carboxylic acids is 1. The van der Waals surface area contributed by atoms with Crippen LogP contribution < -0.4 is 21.3 Å². The molecule has 0 radical (unpaired) electrons. The molecule has 1 aliphatic rings. The van der Waals surface area contributed by atoms with Crippen LogP contribution in [-0.4, -0.2) is 26.8 Å². The van der Waals surface area contributed by atoms with Crippen LogP contribution in [0.3, 0.4) is 0 Å². The summed E-state index contributed by atoms with van der Waals surface area (Å²) >= 11 is 0. The number of aromatic hydroxyl groups is 1. The molecule has 132 valence electrons. The Labute approximate surface area is 143 Å².